The number of halogens is 1. The molecule has 0 bridgehead atoms. The monoisotopic (exact) mass is 277 g/mol. The maximum Gasteiger partial charge on any atom is 0.341 e. The molecule has 1 heterocycles. The molecule has 0 saturated carbocycles. The molecule has 0 radical (unpaired) electrons. The first-order valence-corrected chi connectivity index (χ1v) is 6.79. The summed E-state index contributed by atoms with van der Waals surface area (Å²) in [7, 11) is 0. The number of aromatic nitrogens is 1. The molecule has 19 heavy (non-hydrogen) atoms. The highest BCUT2D eigenvalue weighted by molar-refractivity contribution is 6.38. The van der Waals surface area contributed by atoms with Crippen molar-refractivity contribution in [1.29, 1.82) is 0 Å². The first-order valence-electron chi connectivity index (χ1n) is 6.41. The Balaban J connectivity index is 2.52. The van der Waals surface area contributed by atoms with E-state index in [4.69, 9.17) is 16.3 Å². The van der Waals surface area contributed by atoms with Crippen molar-refractivity contribution in [1.82, 2.24) is 4.98 Å². The van der Waals surface area contributed by atoms with Gasteiger partial charge in [-0.15, -0.1) is 0 Å². The molecule has 1 aromatic carbocycles. The van der Waals surface area contributed by atoms with Crippen molar-refractivity contribution in [3.63, 3.8) is 0 Å². The second kappa shape index (κ2) is 6.02. The van der Waals surface area contributed by atoms with Gasteiger partial charge in [-0.05, 0) is 31.0 Å². The van der Waals surface area contributed by atoms with Crippen molar-refractivity contribution in [3.8, 4) is 0 Å². The van der Waals surface area contributed by atoms with Gasteiger partial charge in [-0.1, -0.05) is 31.0 Å². The fourth-order valence-corrected chi connectivity index (χ4v) is 2.28. The van der Waals surface area contributed by atoms with Gasteiger partial charge in [0.05, 0.1) is 22.7 Å². The minimum Gasteiger partial charge on any atom is -0.462 e. The largest absolute Gasteiger partial charge is 0.462 e. The summed E-state index contributed by atoms with van der Waals surface area (Å²) in [6, 6.07) is 5.97. The fraction of sp³-hybridized carbons (Fsp3) is 0.333. The van der Waals surface area contributed by atoms with Crippen LogP contribution in [0, 0.1) is 0 Å². The molecule has 0 fully saturated rings. The van der Waals surface area contributed by atoms with Gasteiger partial charge >= 0.3 is 5.97 Å². The predicted octanol–water partition coefficient (Wildman–Crippen LogP) is 4.02. The fourth-order valence-electron chi connectivity index (χ4n) is 2.00. The first kappa shape index (κ1) is 13.8. The molecule has 2 aromatic rings. The third kappa shape index (κ3) is 2.87. The number of fused-ring (bicyclic) bond motifs is 1. The number of hydrogen-bond acceptors (Lipinski definition) is 3. The minimum atomic E-state index is -0.428. The summed E-state index contributed by atoms with van der Waals surface area (Å²) in [6.07, 6.45) is 3.52. The zero-order valence-corrected chi connectivity index (χ0v) is 11.8. The average Bonchev–Trinajstić information content (AvgIpc) is 2.40. The lowest BCUT2D eigenvalue weighted by Crippen LogP contribution is -2.06. The van der Waals surface area contributed by atoms with Gasteiger partial charge < -0.3 is 4.74 Å². The summed E-state index contributed by atoms with van der Waals surface area (Å²) < 4.78 is 4.97. The average molecular weight is 278 g/mol. The number of ether oxygens (including phenoxy) is 1. The van der Waals surface area contributed by atoms with Gasteiger partial charge in [-0.2, -0.15) is 0 Å². The Labute approximate surface area is 117 Å². The van der Waals surface area contributed by atoms with Crippen LogP contribution in [-0.2, 0) is 11.2 Å². The molecule has 0 aliphatic heterocycles. The zero-order chi connectivity index (χ0) is 13.8. The summed E-state index contributed by atoms with van der Waals surface area (Å²) in [5, 5.41) is 1.22. The molecule has 1 aromatic heterocycles. The van der Waals surface area contributed by atoms with E-state index in [1.54, 1.807) is 6.92 Å². The highest BCUT2D eigenvalue weighted by atomic mass is 35.5. The molecule has 0 aliphatic carbocycles. The van der Waals surface area contributed by atoms with Gasteiger partial charge in [0.15, 0.2) is 0 Å². The number of pyridine rings is 1. The predicted molar refractivity (Wildman–Crippen MR) is 76.7 cm³/mol. The van der Waals surface area contributed by atoms with Gasteiger partial charge in [0.25, 0.3) is 0 Å². The van der Waals surface area contributed by atoms with Crippen molar-refractivity contribution < 1.29 is 9.53 Å². The van der Waals surface area contributed by atoms with E-state index in [1.807, 2.05) is 18.2 Å². The Hall–Kier alpha value is -1.61. The van der Waals surface area contributed by atoms with Crippen LogP contribution >= 0.6 is 11.6 Å². The molecule has 4 heteroatoms. The summed E-state index contributed by atoms with van der Waals surface area (Å²) in [4.78, 5) is 16.0. The molecular formula is C15H16ClNO2. The molecule has 0 aliphatic rings. The molecule has 0 atom stereocenters. The van der Waals surface area contributed by atoms with E-state index in [9.17, 15) is 4.79 Å². The van der Waals surface area contributed by atoms with Crippen LogP contribution < -0.4 is 0 Å². The van der Waals surface area contributed by atoms with Crippen LogP contribution in [0.2, 0.25) is 5.02 Å². The highest BCUT2D eigenvalue weighted by Gasteiger charge is 2.15. The molecule has 0 amide bonds. The molecule has 0 N–H and O–H groups in total. The SMILES string of the molecule is CCCc1ccc2ncc(C(=O)OCC)c(Cl)c2c1. The van der Waals surface area contributed by atoms with Crippen LogP contribution in [0.25, 0.3) is 10.9 Å². The maximum absolute atomic E-state index is 11.8. The molecule has 0 spiro atoms. The maximum atomic E-state index is 11.8. The smallest absolute Gasteiger partial charge is 0.341 e. The van der Waals surface area contributed by atoms with Gasteiger partial charge in [0.1, 0.15) is 0 Å². The first-order chi connectivity index (χ1) is 9.17. The lowest BCUT2D eigenvalue weighted by molar-refractivity contribution is 0.0526. The van der Waals surface area contributed by atoms with Crippen LogP contribution in [0.15, 0.2) is 24.4 Å². The quantitative estimate of drug-likeness (QED) is 0.793. The van der Waals surface area contributed by atoms with Gasteiger partial charge in [-0.3, -0.25) is 4.98 Å². The van der Waals surface area contributed by atoms with Crippen molar-refractivity contribution in [2.45, 2.75) is 26.7 Å². The van der Waals surface area contributed by atoms with E-state index in [0.717, 1.165) is 23.7 Å². The van der Waals surface area contributed by atoms with Crippen LogP contribution in [0.4, 0.5) is 0 Å². The Morgan fingerprint density at radius 2 is 2.16 bits per heavy atom. The highest BCUT2D eigenvalue weighted by Crippen LogP contribution is 2.27. The number of aryl methyl sites for hydroxylation is 1. The van der Waals surface area contributed by atoms with Gasteiger partial charge in [0, 0.05) is 11.6 Å². The Bertz CT molecular complexity index is 610. The van der Waals surface area contributed by atoms with Crippen LogP contribution in [0.5, 0.6) is 0 Å². The van der Waals surface area contributed by atoms with E-state index in [2.05, 4.69) is 11.9 Å². The van der Waals surface area contributed by atoms with Gasteiger partial charge in [0.2, 0.25) is 0 Å². The lowest BCUT2D eigenvalue weighted by atomic mass is 10.1. The Morgan fingerprint density at radius 3 is 2.84 bits per heavy atom. The number of nitrogens with zero attached hydrogens (tertiary/aromatic N) is 1. The topological polar surface area (TPSA) is 39.2 Å². The summed E-state index contributed by atoms with van der Waals surface area (Å²) in [5.41, 5.74) is 2.31. The summed E-state index contributed by atoms with van der Waals surface area (Å²) in [5.74, 6) is -0.428. The van der Waals surface area contributed by atoms with E-state index >= 15 is 0 Å². The van der Waals surface area contributed by atoms with Crippen molar-refractivity contribution in [2.75, 3.05) is 6.61 Å². The van der Waals surface area contributed by atoms with Crippen molar-refractivity contribution in [2.24, 2.45) is 0 Å². The second-order valence-electron chi connectivity index (χ2n) is 4.31. The van der Waals surface area contributed by atoms with Crippen LogP contribution in [-0.4, -0.2) is 17.6 Å². The van der Waals surface area contributed by atoms with Crippen molar-refractivity contribution >= 4 is 28.5 Å². The Kier molecular flexibility index (Phi) is 4.38. The summed E-state index contributed by atoms with van der Waals surface area (Å²) >= 11 is 6.30. The van der Waals surface area contributed by atoms with Crippen LogP contribution in [0.3, 0.4) is 0 Å². The number of benzene rings is 1. The number of esters is 1. The molecule has 3 nitrogen and oxygen atoms in total. The lowest BCUT2D eigenvalue weighted by Gasteiger charge is -2.08. The van der Waals surface area contributed by atoms with E-state index in [0.29, 0.717) is 17.2 Å². The molecular weight excluding hydrogens is 262 g/mol. The van der Waals surface area contributed by atoms with Gasteiger partial charge in [-0.25, -0.2) is 4.79 Å². The number of carbonyl (C=O) groups excluding carboxylic acids is 1. The number of rotatable bonds is 4. The molecule has 0 saturated heterocycles. The normalized spacial score (nSPS) is 10.7. The second-order valence-corrected chi connectivity index (χ2v) is 4.69. The standard InChI is InChI=1S/C15H16ClNO2/c1-3-5-10-6-7-13-11(8-10)14(16)12(9-17-13)15(18)19-4-2/h6-9H,3-5H2,1-2H3. The van der Waals surface area contributed by atoms with E-state index in [-0.39, 0.29) is 0 Å². The molecule has 100 valence electrons. The molecule has 0 unspecified atom stereocenters. The Morgan fingerprint density at radius 1 is 1.37 bits per heavy atom. The third-order valence-electron chi connectivity index (χ3n) is 2.90. The van der Waals surface area contributed by atoms with E-state index in [1.165, 1.54) is 11.8 Å². The third-order valence-corrected chi connectivity index (χ3v) is 3.31. The van der Waals surface area contributed by atoms with Crippen molar-refractivity contribution in [3.05, 3.63) is 40.5 Å². The summed E-state index contributed by atoms with van der Waals surface area (Å²) in [6.45, 7) is 4.21. The minimum absolute atomic E-state index is 0.322. The van der Waals surface area contributed by atoms with Crippen LogP contribution in [0.1, 0.15) is 36.2 Å². The number of carbonyl (C=O) groups is 1. The zero-order valence-electron chi connectivity index (χ0n) is 11.1. The van der Waals surface area contributed by atoms with E-state index < -0.39 is 5.97 Å². The molecule has 2 rings (SSSR count). The number of hydrogen-bond donors (Lipinski definition) is 0.